The van der Waals surface area contributed by atoms with Crippen LogP contribution in [0.15, 0.2) is 35.7 Å². The van der Waals surface area contributed by atoms with E-state index in [-0.39, 0.29) is 21.4 Å². The van der Waals surface area contributed by atoms with E-state index in [1.54, 1.807) is 17.5 Å². The maximum atomic E-state index is 13.3. The maximum Gasteiger partial charge on any atom is 0.273 e. The summed E-state index contributed by atoms with van der Waals surface area (Å²) in [5, 5.41) is 4.04. The van der Waals surface area contributed by atoms with Gasteiger partial charge in [-0.25, -0.2) is 5.01 Å². The maximum absolute atomic E-state index is 13.3. The summed E-state index contributed by atoms with van der Waals surface area (Å²) in [6, 6.07) is 7.65. The summed E-state index contributed by atoms with van der Waals surface area (Å²) in [6.45, 7) is -0.420. The Kier molecular flexibility index (Phi) is 5.95. The Hall–Kier alpha value is -2.22. The van der Waals surface area contributed by atoms with Gasteiger partial charge in [0.1, 0.15) is 6.54 Å². The summed E-state index contributed by atoms with van der Waals surface area (Å²) in [5.41, 5.74) is 0.138. The number of carbonyl (C=O) groups is 4. The van der Waals surface area contributed by atoms with Crippen molar-refractivity contribution in [1.82, 2.24) is 10.0 Å². The number of halogens is 2. The van der Waals surface area contributed by atoms with E-state index in [0.717, 1.165) is 22.9 Å². The molecule has 2 aliphatic rings. The third-order valence-electron chi connectivity index (χ3n) is 5.55. The molecule has 156 valence electrons. The average molecular weight is 465 g/mol. The SMILES string of the molecule is O=C(CN(C(=O)c1ccc(Cl)c(Cl)c1)N1C(=O)[C@H]2CCCC[C@H]2C1=O)c1cccs1. The van der Waals surface area contributed by atoms with E-state index < -0.39 is 36.1 Å². The fourth-order valence-electron chi connectivity index (χ4n) is 4.05. The van der Waals surface area contributed by atoms with Crippen LogP contribution in [0.25, 0.3) is 0 Å². The molecule has 2 heterocycles. The number of rotatable bonds is 5. The monoisotopic (exact) mass is 464 g/mol. The molecule has 4 rings (SSSR count). The highest BCUT2D eigenvalue weighted by molar-refractivity contribution is 7.12. The van der Waals surface area contributed by atoms with Crippen LogP contribution in [0.3, 0.4) is 0 Å². The number of benzene rings is 1. The van der Waals surface area contributed by atoms with Gasteiger partial charge in [0.05, 0.1) is 26.8 Å². The Bertz CT molecular complexity index is 1000. The lowest BCUT2D eigenvalue weighted by Gasteiger charge is -2.30. The Morgan fingerprint density at radius 1 is 1.03 bits per heavy atom. The van der Waals surface area contributed by atoms with Crippen LogP contribution in [0.4, 0.5) is 0 Å². The molecule has 0 N–H and O–H groups in total. The molecule has 1 aromatic heterocycles. The van der Waals surface area contributed by atoms with Crippen molar-refractivity contribution in [2.24, 2.45) is 11.8 Å². The number of hydrogen-bond donors (Lipinski definition) is 0. The molecule has 1 aliphatic heterocycles. The molecule has 0 spiro atoms. The Labute approximate surface area is 187 Å². The first kappa shape index (κ1) is 21.0. The van der Waals surface area contributed by atoms with Gasteiger partial charge < -0.3 is 0 Å². The highest BCUT2D eigenvalue weighted by atomic mass is 35.5. The van der Waals surface area contributed by atoms with E-state index in [0.29, 0.717) is 17.7 Å². The Morgan fingerprint density at radius 2 is 1.70 bits per heavy atom. The summed E-state index contributed by atoms with van der Waals surface area (Å²) in [7, 11) is 0. The lowest BCUT2D eigenvalue weighted by Crippen LogP contribution is -2.52. The summed E-state index contributed by atoms with van der Waals surface area (Å²) < 4.78 is 0. The molecule has 1 saturated heterocycles. The molecule has 9 heteroatoms. The standard InChI is InChI=1S/C21H18Cl2N2O4S/c22-15-8-7-12(10-16(15)23)19(27)24(11-17(26)18-6-3-9-30-18)25-20(28)13-4-1-2-5-14(13)21(25)29/h3,6-10,13-14H,1-2,4-5,11H2/t13-,14+. The van der Waals surface area contributed by atoms with E-state index in [2.05, 4.69) is 0 Å². The van der Waals surface area contributed by atoms with Crippen LogP contribution in [0.2, 0.25) is 10.0 Å². The highest BCUT2D eigenvalue weighted by Gasteiger charge is 2.51. The summed E-state index contributed by atoms with van der Waals surface area (Å²) >= 11 is 13.2. The van der Waals surface area contributed by atoms with E-state index >= 15 is 0 Å². The van der Waals surface area contributed by atoms with Gasteiger partial charge in [0.25, 0.3) is 17.7 Å². The third-order valence-corrected chi connectivity index (χ3v) is 7.20. The zero-order valence-corrected chi connectivity index (χ0v) is 18.2. The first-order chi connectivity index (χ1) is 14.4. The molecular formula is C21H18Cl2N2O4S. The number of Topliss-reactive ketones (excluding diaryl/α,β-unsaturated/α-hetero) is 1. The Balaban J connectivity index is 1.70. The molecular weight excluding hydrogens is 447 g/mol. The van der Waals surface area contributed by atoms with E-state index in [9.17, 15) is 19.2 Å². The lowest BCUT2D eigenvalue weighted by molar-refractivity contribution is -0.154. The van der Waals surface area contributed by atoms with Gasteiger partial charge in [-0.15, -0.1) is 11.3 Å². The van der Waals surface area contributed by atoms with Crippen LogP contribution < -0.4 is 0 Å². The largest absolute Gasteiger partial charge is 0.291 e. The fourth-order valence-corrected chi connectivity index (χ4v) is 5.00. The van der Waals surface area contributed by atoms with Gasteiger partial charge in [0.15, 0.2) is 5.78 Å². The van der Waals surface area contributed by atoms with Crippen LogP contribution >= 0.6 is 34.5 Å². The first-order valence-corrected chi connectivity index (χ1v) is 11.2. The van der Waals surface area contributed by atoms with E-state index in [1.165, 1.54) is 29.5 Å². The number of hydrogen-bond acceptors (Lipinski definition) is 5. The van der Waals surface area contributed by atoms with Crippen molar-refractivity contribution in [3.63, 3.8) is 0 Å². The zero-order valence-electron chi connectivity index (χ0n) is 15.8. The Morgan fingerprint density at radius 3 is 2.27 bits per heavy atom. The number of carbonyl (C=O) groups excluding carboxylic acids is 4. The molecule has 1 aliphatic carbocycles. The van der Waals surface area contributed by atoms with E-state index in [1.807, 2.05) is 0 Å². The van der Waals surface area contributed by atoms with Crippen molar-refractivity contribution in [3.05, 3.63) is 56.2 Å². The van der Waals surface area contributed by atoms with Gasteiger partial charge in [-0.1, -0.05) is 42.1 Å². The minimum Gasteiger partial charge on any atom is -0.291 e. The molecule has 2 fully saturated rings. The number of nitrogens with zero attached hydrogens (tertiary/aromatic N) is 2. The second kappa shape index (κ2) is 8.49. The number of ketones is 1. The van der Waals surface area contributed by atoms with Crippen LogP contribution in [0.1, 0.15) is 45.7 Å². The van der Waals surface area contributed by atoms with Crippen molar-refractivity contribution >= 4 is 58.0 Å². The molecule has 0 bridgehead atoms. The molecule has 3 amide bonds. The van der Waals surface area contributed by atoms with Crippen LogP contribution in [-0.4, -0.2) is 40.1 Å². The number of hydrazine groups is 1. The molecule has 1 aromatic carbocycles. The van der Waals surface area contributed by atoms with Crippen LogP contribution in [-0.2, 0) is 9.59 Å². The predicted octanol–water partition coefficient (Wildman–Crippen LogP) is 4.47. The van der Waals surface area contributed by atoms with Gasteiger partial charge in [-0.05, 0) is 42.5 Å². The van der Waals surface area contributed by atoms with Crippen molar-refractivity contribution < 1.29 is 19.2 Å². The minimum absolute atomic E-state index is 0.138. The van der Waals surface area contributed by atoms with E-state index in [4.69, 9.17) is 23.2 Å². The van der Waals surface area contributed by atoms with Gasteiger partial charge in [0, 0.05) is 5.56 Å². The second-order valence-corrected chi connectivity index (χ2v) is 9.14. The molecule has 0 radical (unpaired) electrons. The summed E-state index contributed by atoms with van der Waals surface area (Å²) in [5.74, 6) is -2.72. The predicted molar refractivity (Wildman–Crippen MR) is 113 cm³/mol. The first-order valence-electron chi connectivity index (χ1n) is 9.60. The highest BCUT2D eigenvalue weighted by Crippen LogP contribution is 2.39. The summed E-state index contributed by atoms with van der Waals surface area (Å²) in [4.78, 5) is 52.7. The molecule has 6 nitrogen and oxygen atoms in total. The van der Waals surface area contributed by atoms with Crippen LogP contribution in [0, 0.1) is 11.8 Å². The van der Waals surface area contributed by atoms with Gasteiger partial charge in [0.2, 0.25) is 0 Å². The van der Waals surface area contributed by atoms with Gasteiger partial charge in [-0.2, -0.15) is 5.01 Å². The number of imide groups is 1. The molecule has 30 heavy (non-hydrogen) atoms. The van der Waals surface area contributed by atoms with Crippen molar-refractivity contribution in [3.8, 4) is 0 Å². The lowest BCUT2D eigenvalue weighted by atomic mass is 9.81. The van der Waals surface area contributed by atoms with Gasteiger partial charge >= 0.3 is 0 Å². The number of amides is 3. The third kappa shape index (κ3) is 3.77. The minimum atomic E-state index is -0.654. The van der Waals surface area contributed by atoms with Gasteiger partial charge in [-0.3, -0.25) is 19.2 Å². The van der Waals surface area contributed by atoms with Crippen molar-refractivity contribution in [2.75, 3.05) is 6.54 Å². The molecule has 2 atom stereocenters. The van der Waals surface area contributed by atoms with Crippen molar-refractivity contribution in [2.45, 2.75) is 25.7 Å². The molecule has 0 unspecified atom stereocenters. The quantitative estimate of drug-likeness (QED) is 0.483. The normalized spacial score (nSPS) is 20.9. The van der Waals surface area contributed by atoms with Crippen LogP contribution in [0.5, 0.6) is 0 Å². The molecule has 1 saturated carbocycles. The average Bonchev–Trinajstić information content (AvgIpc) is 3.36. The number of fused-ring (bicyclic) bond motifs is 1. The number of thiophene rings is 1. The fraction of sp³-hybridized carbons (Fsp3) is 0.333. The topological polar surface area (TPSA) is 74.8 Å². The summed E-state index contributed by atoms with van der Waals surface area (Å²) in [6.07, 6.45) is 2.95. The molecule has 2 aromatic rings. The zero-order chi connectivity index (χ0) is 21.4. The van der Waals surface area contributed by atoms with Crippen molar-refractivity contribution in [1.29, 1.82) is 0 Å². The smallest absolute Gasteiger partial charge is 0.273 e. The second-order valence-electron chi connectivity index (χ2n) is 7.38.